The summed E-state index contributed by atoms with van der Waals surface area (Å²) >= 11 is 3.57. The van der Waals surface area contributed by atoms with Gasteiger partial charge in [0.25, 0.3) is 0 Å². The van der Waals surface area contributed by atoms with E-state index in [0.29, 0.717) is 0 Å². The van der Waals surface area contributed by atoms with Gasteiger partial charge in [-0.2, -0.15) is 0 Å². The van der Waals surface area contributed by atoms with E-state index in [2.05, 4.69) is 26.1 Å². The standard InChI is InChI=1S/C12H14BrN3O/c13-8-5-7-9(15-12(17)11(7)14)6-10(8)16-3-1-2-4-16/h5-6,11H,1-4,14H2,(H,15,17). The zero-order valence-corrected chi connectivity index (χ0v) is 11.0. The third-order valence-electron chi connectivity index (χ3n) is 3.44. The predicted molar refractivity (Wildman–Crippen MR) is 71.1 cm³/mol. The number of hydrogen-bond acceptors (Lipinski definition) is 3. The normalized spacial score (nSPS) is 22.8. The highest BCUT2D eigenvalue weighted by molar-refractivity contribution is 9.10. The van der Waals surface area contributed by atoms with Crippen LogP contribution in [0.2, 0.25) is 0 Å². The van der Waals surface area contributed by atoms with Crippen molar-refractivity contribution in [1.29, 1.82) is 0 Å². The molecular weight excluding hydrogens is 282 g/mol. The average molecular weight is 296 g/mol. The van der Waals surface area contributed by atoms with E-state index in [0.717, 1.165) is 34.5 Å². The first-order valence-electron chi connectivity index (χ1n) is 5.81. The largest absolute Gasteiger partial charge is 0.371 e. The van der Waals surface area contributed by atoms with E-state index in [4.69, 9.17) is 5.73 Å². The lowest BCUT2D eigenvalue weighted by Gasteiger charge is -2.20. The van der Waals surface area contributed by atoms with Crippen LogP contribution in [-0.2, 0) is 4.79 Å². The number of carbonyl (C=O) groups is 1. The smallest absolute Gasteiger partial charge is 0.245 e. The van der Waals surface area contributed by atoms with Gasteiger partial charge in [0, 0.05) is 28.8 Å². The Bertz CT molecular complexity index is 483. The molecule has 2 aliphatic heterocycles. The van der Waals surface area contributed by atoms with Gasteiger partial charge in [0.2, 0.25) is 5.91 Å². The van der Waals surface area contributed by atoms with Crippen LogP contribution in [0.3, 0.4) is 0 Å². The molecule has 90 valence electrons. The number of halogens is 1. The molecule has 3 N–H and O–H groups in total. The molecule has 3 rings (SSSR count). The summed E-state index contributed by atoms with van der Waals surface area (Å²) in [6.07, 6.45) is 2.46. The number of rotatable bonds is 1. The van der Waals surface area contributed by atoms with Crippen molar-refractivity contribution in [1.82, 2.24) is 0 Å². The number of hydrogen-bond donors (Lipinski definition) is 2. The topological polar surface area (TPSA) is 58.4 Å². The Morgan fingerprint density at radius 3 is 2.76 bits per heavy atom. The van der Waals surface area contributed by atoms with Crippen LogP contribution in [0.1, 0.15) is 24.4 Å². The summed E-state index contributed by atoms with van der Waals surface area (Å²) in [5.74, 6) is -0.120. The molecule has 4 nitrogen and oxygen atoms in total. The number of amides is 1. The van der Waals surface area contributed by atoms with Gasteiger partial charge in [0.15, 0.2) is 0 Å². The number of nitrogens with zero attached hydrogens (tertiary/aromatic N) is 1. The maximum absolute atomic E-state index is 11.5. The third kappa shape index (κ3) is 1.73. The van der Waals surface area contributed by atoms with Crippen LogP contribution in [0, 0.1) is 0 Å². The highest BCUT2D eigenvalue weighted by atomic mass is 79.9. The van der Waals surface area contributed by atoms with E-state index in [1.807, 2.05) is 12.1 Å². The van der Waals surface area contributed by atoms with Gasteiger partial charge >= 0.3 is 0 Å². The van der Waals surface area contributed by atoms with Gasteiger partial charge < -0.3 is 16.0 Å². The number of fused-ring (bicyclic) bond motifs is 1. The first-order chi connectivity index (χ1) is 8.16. The minimum absolute atomic E-state index is 0.120. The molecule has 0 bridgehead atoms. The molecule has 1 saturated heterocycles. The first-order valence-corrected chi connectivity index (χ1v) is 6.61. The summed E-state index contributed by atoms with van der Waals surface area (Å²) in [4.78, 5) is 13.8. The monoisotopic (exact) mass is 295 g/mol. The molecule has 1 unspecified atom stereocenters. The number of nitrogens with two attached hydrogens (primary N) is 1. The molecule has 1 amide bonds. The molecule has 0 radical (unpaired) electrons. The molecule has 0 saturated carbocycles. The second kappa shape index (κ2) is 3.99. The summed E-state index contributed by atoms with van der Waals surface area (Å²) in [7, 11) is 0. The van der Waals surface area contributed by atoms with E-state index < -0.39 is 6.04 Å². The van der Waals surface area contributed by atoms with E-state index in [1.165, 1.54) is 12.8 Å². The fraction of sp³-hybridized carbons (Fsp3) is 0.417. The molecule has 17 heavy (non-hydrogen) atoms. The van der Waals surface area contributed by atoms with Gasteiger partial charge in [-0.1, -0.05) is 0 Å². The Morgan fingerprint density at radius 1 is 1.35 bits per heavy atom. The van der Waals surface area contributed by atoms with Crippen molar-refractivity contribution in [3.8, 4) is 0 Å². The Hall–Kier alpha value is -1.07. The second-order valence-corrected chi connectivity index (χ2v) is 5.41. The second-order valence-electron chi connectivity index (χ2n) is 4.55. The van der Waals surface area contributed by atoms with Crippen LogP contribution in [0.5, 0.6) is 0 Å². The van der Waals surface area contributed by atoms with Crippen molar-refractivity contribution in [3.05, 3.63) is 22.2 Å². The lowest BCUT2D eigenvalue weighted by atomic mass is 10.1. The molecule has 0 aliphatic carbocycles. The Morgan fingerprint density at radius 2 is 2.06 bits per heavy atom. The molecular formula is C12H14BrN3O. The van der Waals surface area contributed by atoms with Crippen molar-refractivity contribution in [2.45, 2.75) is 18.9 Å². The maximum atomic E-state index is 11.5. The zero-order chi connectivity index (χ0) is 12.0. The van der Waals surface area contributed by atoms with Crippen molar-refractivity contribution in [3.63, 3.8) is 0 Å². The minimum atomic E-state index is -0.533. The Kier molecular flexibility index (Phi) is 2.60. The molecule has 1 aromatic rings. The summed E-state index contributed by atoms with van der Waals surface area (Å²) in [5, 5.41) is 2.83. The van der Waals surface area contributed by atoms with Gasteiger partial charge in [0.1, 0.15) is 6.04 Å². The highest BCUT2D eigenvalue weighted by Gasteiger charge is 2.29. The predicted octanol–water partition coefficient (Wildman–Crippen LogP) is 2.00. The van der Waals surface area contributed by atoms with Gasteiger partial charge in [-0.05, 0) is 40.9 Å². The lowest BCUT2D eigenvalue weighted by Crippen LogP contribution is -2.19. The van der Waals surface area contributed by atoms with E-state index in [9.17, 15) is 4.79 Å². The van der Waals surface area contributed by atoms with Gasteiger partial charge in [0.05, 0.1) is 5.69 Å². The van der Waals surface area contributed by atoms with Crippen LogP contribution in [0.25, 0.3) is 0 Å². The molecule has 1 atom stereocenters. The molecule has 2 heterocycles. The van der Waals surface area contributed by atoms with Crippen molar-refractivity contribution in [2.75, 3.05) is 23.3 Å². The summed E-state index contributed by atoms with van der Waals surface area (Å²) in [5.41, 5.74) is 8.70. The highest BCUT2D eigenvalue weighted by Crippen LogP contribution is 2.39. The zero-order valence-electron chi connectivity index (χ0n) is 9.37. The van der Waals surface area contributed by atoms with Crippen LogP contribution >= 0.6 is 15.9 Å². The van der Waals surface area contributed by atoms with Gasteiger partial charge in [-0.3, -0.25) is 4.79 Å². The van der Waals surface area contributed by atoms with Crippen molar-refractivity contribution >= 4 is 33.2 Å². The third-order valence-corrected chi connectivity index (χ3v) is 4.08. The van der Waals surface area contributed by atoms with Crippen LogP contribution < -0.4 is 16.0 Å². The SMILES string of the molecule is NC1C(=O)Nc2cc(N3CCCC3)c(Br)cc21. The number of carbonyl (C=O) groups excluding carboxylic acids is 1. The lowest BCUT2D eigenvalue weighted by molar-refractivity contribution is -0.116. The van der Waals surface area contributed by atoms with Crippen molar-refractivity contribution < 1.29 is 4.79 Å². The van der Waals surface area contributed by atoms with E-state index >= 15 is 0 Å². The number of anilines is 2. The minimum Gasteiger partial charge on any atom is -0.371 e. The summed E-state index contributed by atoms with van der Waals surface area (Å²) in [6.45, 7) is 2.16. The van der Waals surface area contributed by atoms with E-state index in [-0.39, 0.29) is 5.91 Å². The average Bonchev–Trinajstić information content (AvgIpc) is 2.90. The van der Waals surface area contributed by atoms with E-state index in [1.54, 1.807) is 0 Å². The molecule has 2 aliphatic rings. The van der Waals surface area contributed by atoms with Crippen molar-refractivity contribution in [2.24, 2.45) is 5.73 Å². The molecule has 5 heteroatoms. The fourth-order valence-corrected chi connectivity index (χ4v) is 3.11. The first kappa shape index (κ1) is 11.0. The van der Waals surface area contributed by atoms with Gasteiger partial charge in [-0.25, -0.2) is 0 Å². The molecule has 0 spiro atoms. The molecule has 1 fully saturated rings. The number of nitrogens with one attached hydrogen (secondary N) is 1. The molecule has 1 aromatic carbocycles. The maximum Gasteiger partial charge on any atom is 0.245 e. The summed E-state index contributed by atoms with van der Waals surface area (Å²) in [6, 6.07) is 3.45. The quantitative estimate of drug-likeness (QED) is 0.833. The fourth-order valence-electron chi connectivity index (χ4n) is 2.49. The van der Waals surface area contributed by atoms with Crippen LogP contribution in [0.15, 0.2) is 16.6 Å². The number of benzene rings is 1. The Labute approximate surface area is 108 Å². The Balaban J connectivity index is 2.03. The summed E-state index contributed by atoms with van der Waals surface area (Å²) < 4.78 is 1.02. The molecule has 0 aromatic heterocycles. The van der Waals surface area contributed by atoms with Crippen LogP contribution in [0.4, 0.5) is 11.4 Å². The van der Waals surface area contributed by atoms with Gasteiger partial charge in [-0.15, -0.1) is 0 Å². The van der Waals surface area contributed by atoms with Crippen LogP contribution in [-0.4, -0.2) is 19.0 Å².